The van der Waals surface area contributed by atoms with E-state index in [1.165, 1.54) is 5.56 Å². The molecule has 6 heteroatoms. The lowest BCUT2D eigenvalue weighted by Gasteiger charge is -2.33. The van der Waals surface area contributed by atoms with Gasteiger partial charge in [-0.3, -0.25) is 4.40 Å². The molecule has 0 atom stereocenters. The smallest absolute Gasteiger partial charge is 0.410 e. The van der Waals surface area contributed by atoms with Gasteiger partial charge in [-0.15, -0.1) is 10.2 Å². The number of carbonyl (C=O) groups excluding carboxylic acids is 1. The number of piperidine rings is 1. The number of ether oxygens (including phenoxy) is 1. The van der Waals surface area contributed by atoms with Crippen molar-refractivity contribution < 1.29 is 9.53 Å². The predicted molar refractivity (Wildman–Crippen MR) is 82.8 cm³/mol. The Kier molecular flexibility index (Phi) is 3.76. The summed E-state index contributed by atoms with van der Waals surface area (Å²) in [6.45, 7) is 7.16. The monoisotopic (exact) mass is 302 g/mol. The number of aromatic nitrogens is 3. The van der Waals surface area contributed by atoms with Crippen LogP contribution in [0.15, 0.2) is 24.7 Å². The second-order valence-corrected chi connectivity index (χ2v) is 6.80. The van der Waals surface area contributed by atoms with Gasteiger partial charge in [0.15, 0.2) is 5.65 Å². The highest BCUT2D eigenvalue weighted by Crippen LogP contribution is 2.28. The molecule has 3 rings (SSSR count). The number of nitrogens with zero attached hydrogens (tertiary/aromatic N) is 4. The highest BCUT2D eigenvalue weighted by atomic mass is 16.6. The Morgan fingerprint density at radius 3 is 2.68 bits per heavy atom. The molecule has 0 spiro atoms. The maximum atomic E-state index is 12.1. The quantitative estimate of drug-likeness (QED) is 0.812. The Morgan fingerprint density at radius 2 is 2.00 bits per heavy atom. The van der Waals surface area contributed by atoms with E-state index in [2.05, 4.69) is 22.5 Å². The van der Waals surface area contributed by atoms with Crippen LogP contribution in [0.2, 0.25) is 0 Å². The van der Waals surface area contributed by atoms with Crippen LogP contribution in [0.5, 0.6) is 0 Å². The van der Waals surface area contributed by atoms with Crippen LogP contribution >= 0.6 is 0 Å². The Labute approximate surface area is 130 Å². The molecule has 0 radical (unpaired) electrons. The first-order chi connectivity index (χ1) is 10.4. The predicted octanol–water partition coefficient (Wildman–Crippen LogP) is 2.84. The second-order valence-electron chi connectivity index (χ2n) is 6.80. The fraction of sp³-hybridized carbons (Fsp3) is 0.562. The lowest BCUT2D eigenvalue weighted by molar-refractivity contribution is 0.0205. The molecule has 118 valence electrons. The van der Waals surface area contributed by atoms with Gasteiger partial charge in [-0.1, -0.05) is 6.07 Å². The van der Waals surface area contributed by atoms with E-state index in [4.69, 9.17) is 4.74 Å². The number of carbonyl (C=O) groups is 1. The van der Waals surface area contributed by atoms with Gasteiger partial charge in [0.2, 0.25) is 0 Å². The first-order valence-electron chi connectivity index (χ1n) is 7.69. The van der Waals surface area contributed by atoms with Gasteiger partial charge in [-0.2, -0.15) is 0 Å². The van der Waals surface area contributed by atoms with Crippen molar-refractivity contribution in [3.8, 4) is 0 Å². The summed E-state index contributed by atoms with van der Waals surface area (Å²) in [7, 11) is 0. The molecule has 0 aromatic carbocycles. The van der Waals surface area contributed by atoms with Crippen LogP contribution in [0.1, 0.15) is 45.1 Å². The van der Waals surface area contributed by atoms with Crippen molar-refractivity contribution in [2.24, 2.45) is 0 Å². The minimum Gasteiger partial charge on any atom is -0.444 e. The number of amides is 1. The third-order valence-electron chi connectivity index (χ3n) is 3.93. The van der Waals surface area contributed by atoms with Crippen molar-refractivity contribution >= 4 is 11.7 Å². The number of hydrogen-bond donors (Lipinski definition) is 0. The molecule has 6 nitrogen and oxygen atoms in total. The van der Waals surface area contributed by atoms with Gasteiger partial charge in [-0.25, -0.2) is 4.79 Å². The molecule has 1 amide bonds. The van der Waals surface area contributed by atoms with Crippen LogP contribution in [-0.2, 0) is 4.74 Å². The average molecular weight is 302 g/mol. The Balaban J connectivity index is 1.62. The first-order valence-corrected chi connectivity index (χ1v) is 7.69. The van der Waals surface area contributed by atoms with Crippen molar-refractivity contribution in [3.63, 3.8) is 0 Å². The van der Waals surface area contributed by atoms with E-state index in [1.54, 1.807) is 11.2 Å². The van der Waals surface area contributed by atoms with E-state index >= 15 is 0 Å². The fourth-order valence-electron chi connectivity index (χ4n) is 2.81. The Morgan fingerprint density at radius 1 is 1.27 bits per heavy atom. The summed E-state index contributed by atoms with van der Waals surface area (Å²) in [5.74, 6) is 0.463. The molecule has 3 heterocycles. The van der Waals surface area contributed by atoms with Crippen molar-refractivity contribution in [3.05, 3.63) is 30.2 Å². The molecule has 1 aliphatic rings. The summed E-state index contributed by atoms with van der Waals surface area (Å²) >= 11 is 0. The van der Waals surface area contributed by atoms with E-state index < -0.39 is 5.60 Å². The summed E-state index contributed by atoms with van der Waals surface area (Å²) in [4.78, 5) is 13.9. The molecule has 2 aromatic rings. The third-order valence-corrected chi connectivity index (χ3v) is 3.93. The van der Waals surface area contributed by atoms with Gasteiger partial charge < -0.3 is 9.64 Å². The van der Waals surface area contributed by atoms with E-state index in [0.717, 1.165) is 31.6 Å². The Hall–Kier alpha value is -2.11. The van der Waals surface area contributed by atoms with Crippen molar-refractivity contribution in [1.82, 2.24) is 19.5 Å². The number of rotatable bonds is 1. The van der Waals surface area contributed by atoms with Crippen LogP contribution in [-0.4, -0.2) is 44.3 Å². The Bertz CT molecular complexity index is 666. The molecule has 0 aliphatic carbocycles. The van der Waals surface area contributed by atoms with Crippen LogP contribution < -0.4 is 0 Å². The number of pyridine rings is 1. The molecule has 1 fully saturated rings. The molecular formula is C16H22N4O2. The van der Waals surface area contributed by atoms with Crippen LogP contribution in [0.4, 0.5) is 4.79 Å². The van der Waals surface area contributed by atoms with E-state index in [9.17, 15) is 4.79 Å². The van der Waals surface area contributed by atoms with Crippen LogP contribution in [0, 0.1) is 0 Å². The number of fused-ring (bicyclic) bond motifs is 1. The van der Waals surface area contributed by atoms with Gasteiger partial charge in [0.05, 0.1) is 0 Å². The SMILES string of the molecule is CC(C)(C)OC(=O)N1CCC(c2ccc3nncn3c2)CC1. The summed E-state index contributed by atoms with van der Waals surface area (Å²) in [5.41, 5.74) is 1.69. The fourth-order valence-corrected chi connectivity index (χ4v) is 2.81. The normalized spacial score (nSPS) is 17.0. The zero-order valence-electron chi connectivity index (χ0n) is 13.3. The molecule has 0 bridgehead atoms. The maximum Gasteiger partial charge on any atom is 0.410 e. The molecule has 2 aromatic heterocycles. The zero-order valence-corrected chi connectivity index (χ0v) is 13.3. The minimum atomic E-state index is -0.437. The number of hydrogen-bond acceptors (Lipinski definition) is 4. The van der Waals surface area contributed by atoms with Crippen molar-refractivity contribution in [1.29, 1.82) is 0 Å². The largest absolute Gasteiger partial charge is 0.444 e. The molecule has 0 saturated carbocycles. The van der Waals surface area contributed by atoms with Gasteiger partial charge >= 0.3 is 6.09 Å². The van der Waals surface area contributed by atoms with E-state index in [0.29, 0.717) is 5.92 Å². The molecular weight excluding hydrogens is 280 g/mol. The van der Waals surface area contributed by atoms with Crippen LogP contribution in [0.25, 0.3) is 5.65 Å². The van der Waals surface area contributed by atoms with Gasteiger partial charge in [0.25, 0.3) is 0 Å². The third kappa shape index (κ3) is 3.21. The highest BCUT2D eigenvalue weighted by molar-refractivity contribution is 5.68. The molecule has 0 N–H and O–H groups in total. The summed E-state index contributed by atoms with van der Waals surface area (Å²) < 4.78 is 7.37. The van der Waals surface area contributed by atoms with Gasteiger partial charge in [-0.05, 0) is 51.2 Å². The second kappa shape index (κ2) is 5.59. The van der Waals surface area contributed by atoms with Gasteiger partial charge in [0.1, 0.15) is 11.9 Å². The van der Waals surface area contributed by atoms with E-state index in [1.807, 2.05) is 31.2 Å². The van der Waals surface area contributed by atoms with Crippen molar-refractivity contribution in [2.75, 3.05) is 13.1 Å². The molecule has 1 aliphatic heterocycles. The lowest BCUT2D eigenvalue weighted by Crippen LogP contribution is -2.41. The van der Waals surface area contributed by atoms with Crippen LogP contribution in [0.3, 0.4) is 0 Å². The summed E-state index contributed by atoms with van der Waals surface area (Å²) in [6, 6.07) is 4.10. The standard InChI is InChI=1S/C16H22N4O2/c1-16(2,3)22-15(21)19-8-6-12(7-9-19)13-4-5-14-18-17-11-20(14)10-13/h4-5,10-12H,6-9H2,1-3H3. The van der Waals surface area contributed by atoms with E-state index in [-0.39, 0.29) is 6.09 Å². The molecule has 0 unspecified atom stereocenters. The maximum absolute atomic E-state index is 12.1. The molecule has 22 heavy (non-hydrogen) atoms. The first kappa shape index (κ1) is 14.8. The summed E-state index contributed by atoms with van der Waals surface area (Å²) in [6.07, 6.45) is 5.50. The van der Waals surface area contributed by atoms with Crippen molar-refractivity contribution in [2.45, 2.75) is 45.1 Å². The summed E-state index contributed by atoms with van der Waals surface area (Å²) in [5, 5.41) is 7.92. The molecule has 1 saturated heterocycles. The zero-order chi connectivity index (χ0) is 15.7. The highest BCUT2D eigenvalue weighted by Gasteiger charge is 2.27. The van der Waals surface area contributed by atoms with Gasteiger partial charge in [0, 0.05) is 19.3 Å². The minimum absolute atomic E-state index is 0.208. The topological polar surface area (TPSA) is 59.7 Å². The lowest BCUT2D eigenvalue weighted by atomic mass is 9.90. The number of likely N-dealkylation sites (tertiary alicyclic amines) is 1. The average Bonchev–Trinajstić information content (AvgIpc) is 2.93.